The first-order valence-corrected chi connectivity index (χ1v) is 7.27. The summed E-state index contributed by atoms with van der Waals surface area (Å²) in [7, 11) is 0. The number of hydrogen-bond acceptors (Lipinski definition) is 2. The Labute approximate surface area is 123 Å². The highest BCUT2D eigenvalue weighted by Crippen LogP contribution is 2.20. The van der Waals surface area contributed by atoms with Gasteiger partial charge in [-0.3, -0.25) is 4.79 Å². The average molecular weight is 301 g/mol. The van der Waals surface area contributed by atoms with Crippen LogP contribution in [0.5, 0.6) is 0 Å². The number of carbonyl (C=O) groups excluding carboxylic acids is 1. The summed E-state index contributed by atoms with van der Waals surface area (Å²) < 4.78 is 0. The maximum absolute atomic E-state index is 11.5. The number of carbonyl (C=O) groups is 1. The third kappa shape index (κ3) is 4.10. The molecule has 1 atom stereocenters. The Morgan fingerprint density at radius 1 is 1.42 bits per heavy atom. The molecular formula is C14H18Cl2N2O. The third-order valence-corrected chi connectivity index (χ3v) is 3.92. The Hall–Kier alpha value is -0.770. The Balaban J connectivity index is 1.84. The van der Waals surface area contributed by atoms with Gasteiger partial charge in [0.2, 0.25) is 5.91 Å². The van der Waals surface area contributed by atoms with Gasteiger partial charge >= 0.3 is 0 Å². The van der Waals surface area contributed by atoms with Crippen LogP contribution in [0, 0.1) is 0 Å². The highest BCUT2D eigenvalue weighted by molar-refractivity contribution is 6.33. The van der Waals surface area contributed by atoms with Gasteiger partial charge in [0.15, 0.2) is 0 Å². The van der Waals surface area contributed by atoms with Gasteiger partial charge in [0, 0.05) is 42.1 Å². The van der Waals surface area contributed by atoms with Crippen LogP contribution in [-0.4, -0.2) is 29.9 Å². The van der Waals surface area contributed by atoms with Crippen molar-refractivity contribution in [1.29, 1.82) is 0 Å². The van der Waals surface area contributed by atoms with Crippen LogP contribution in [0.15, 0.2) is 18.2 Å². The molecule has 1 aromatic rings. The lowest BCUT2D eigenvalue weighted by Gasteiger charge is -2.22. The number of halogens is 2. The molecule has 1 saturated heterocycles. The lowest BCUT2D eigenvalue weighted by Crippen LogP contribution is -2.39. The van der Waals surface area contributed by atoms with Crippen LogP contribution in [0.1, 0.15) is 25.3 Å². The quantitative estimate of drug-likeness (QED) is 0.906. The lowest BCUT2D eigenvalue weighted by atomic mass is 10.2. The molecule has 1 amide bonds. The summed E-state index contributed by atoms with van der Waals surface area (Å²) in [6.45, 7) is 4.35. The monoisotopic (exact) mass is 300 g/mol. The summed E-state index contributed by atoms with van der Waals surface area (Å²) in [5.41, 5.74) is 0.980. The standard InChI is InChI=1S/C14H18Cl2N2O/c1-10(9-18-6-2-3-14(18)19)17-8-11-7-12(15)4-5-13(11)16/h4-5,7,10,17H,2-3,6,8-9H2,1H3. The van der Waals surface area contributed by atoms with Crippen molar-refractivity contribution in [2.45, 2.75) is 32.4 Å². The Bertz CT molecular complexity index is 465. The van der Waals surface area contributed by atoms with Crippen molar-refractivity contribution in [2.24, 2.45) is 0 Å². The number of likely N-dealkylation sites (tertiary alicyclic amines) is 1. The van der Waals surface area contributed by atoms with Gasteiger partial charge in [-0.1, -0.05) is 23.2 Å². The van der Waals surface area contributed by atoms with Crippen LogP contribution < -0.4 is 5.32 Å². The molecule has 2 rings (SSSR count). The normalized spacial score (nSPS) is 17.0. The van der Waals surface area contributed by atoms with Gasteiger partial charge in [0.1, 0.15) is 0 Å². The van der Waals surface area contributed by atoms with Gasteiger partial charge in [-0.15, -0.1) is 0 Å². The van der Waals surface area contributed by atoms with Crippen molar-refractivity contribution < 1.29 is 4.79 Å². The van der Waals surface area contributed by atoms with E-state index >= 15 is 0 Å². The molecule has 1 aliphatic rings. The van der Waals surface area contributed by atoms with Crippen molar-refractivity contribution in [3.63, 3.8) is 0 Å². The molecule has 1 heterocycles. The minimum Gasteiger partial charge on any atom is -0.341 e. The fourth-order valence-corrected chi connectivity index (χ4v) is 2.63. The molecule has 1 unspecified atom stereocenters. The highest BCUT2D eigenvalue weighted by atomic mass is 35.5. The number of benzene rings is 1. The first-order valence-electron chi connectivity index (χ1n) is 6.51. The number of amides is 1. The molecule has 19 heavy (non-hydrogen) atoms. The van der Waals surface area contributed by atoms with Gasteiger partial charge in [0.25, 0.3) is 0 Å². The summed E-state index contributed by atoms with van der Waals surface area (Å²) in [6, 6.07) is 5.68. The maximum Gasteiger partial charge on any atom is 0.222 e. The van der Waals surface area contributed by atoms with E-state index in [2.05, 4.69) is 12.2 Å². The SMILES string of the molecule is CC(CN1CCCC1=O)NCc1cc(Cl)ccc1Cl. The van der Waals surface area contributed by atoms with Crippen LogP contribution in [0.3, 0.4) is 0 Å². The number of rotatable bonds is 5. The van der Waals surface area contributed by atoms with Gasteiger partial charge in [-0.2, -0.15) is 0 Å². The van der Waals surface area contributed by atoms with E-state index in [0.717, 1.165) is 25.1 Å². The molecule has 0 bridgehead atoms. The molecule has 1 N–H and O–H groups in total. The van der Waals surface area contributed by atoms with E-state index in [0.29, 0.717) is 23.0 Å². The summed E-state index contributed by atoms with van der Waals surface area (Å²) >= 11 is 12.1. The molecule has 1 fully saturated rings. The van der Waals surface area contributed by atoms with E-state index in [1.807, 2.05) is 11.0 Å². The van der Waals surface area contributed by atoms with Gasteiger partial charge in [0.05, 0.1) is 0 Å². The second-order valence-electron chi connectivity index (χ2n) is 4.96. The lowest BCUT2D eigenvalue weighted by molar-refractivity contribution is -0.127. The zero-order valence-electron chi connectivity index (χ0n) is 11.0. The van der Waals surface area contributed by atoms with E-state index in [1.165, 1.54) is 0 Å². The molecule has 104 valence electrons. The molecule has 0 radical (unpaired) electrons. The topological polar surface area (TPSA) is 32.3 Å². The van der Waals surface area contributed by atoms with E-state index < -0.39 is 0 Å². The van der Waals surface area contributed by atoms with Crippen LogP contribution >= 0.6 is 23.2 Å². The summed E-state index contributed by atoms with van der Waals surface area (Å²) in [5.74, 6) is 0.259. The number of nitrogens with one attached hydrogen (secondary N) is 1. The zero-order chi connectivity index (χ0) is 13.8. The second kappa shape index (κ2) is 6.60. The summed E-state index contributed by atoms with van der Waals surface area (Å²) in [4.78, 5) is 13.5. The Kier molecular flexibility index (Phi) is 5.08. The summed E-state index contributed by atoms with van der Waals surface area (Å²) in [5, 5.41) is 4.77. The van der Waals surface area contributed by atoms with Crippen LogP contribution in [0.25, 0.3) is 0 Å². The van der Waals surface area contributed by atoms with Gasteiger partial charge < -0.3 is 10.2 Å². The molecule has 0 aliphatic carbocycles. The molecule has 0 saturated carbocycles. The number of nitrogens with zero attached hydrogens (tertiary/aromatic N) is 1. The van der Waals surface area contributed by atoms with Crippen molar-refractivity contribution in [3.8, 4) is 0 Å². The predicted octanol–water partition coefficient (Wildman–Crippen LogP) is 3.09. The third-order valence-electron chi connectivity index (χ3n) is 3.31. The molecule has 1 aromatic carbocycles. The van der Waals surface area contributed by atoms with E-state index in [9.17, 15) is 4.79 Å². The van der Waals surface area contributed by atoms with Crippen molar-refractivity contribution in [1.82, 2.24) is 10.2 Å². The second-order valence-corrected chi connectivity index (χ2v) is 5.80. The molecule has 3 nitrogen and oxygen atoms in total. The average Bonchev–Trinajstić information content (AvgIpc) is 2.76. The fourth-order valence-electron chi connectivity index (χ4n) is 2.26. The minimum atomic E-state index is 0.233. The Morgan fingerprint density at radius 2 is 2.21 bits per heavy atom. The summed E-state index contributed by atoms with van der Waals surface area (Å²) in [6.07, 6.45) is 1.67. The van der Waals surface area contributed by atoms with E-state index in [-0.39, 0.29) is 11.9 Å². The highest BCUT2D eigenvalue weighted by Gasteiger charge is 2.21. The largest absolute Gasteiger partial charge is 0.341 e. The number of hydrogen-bond donors (Lipinski definition) is 1. The van der Waals surface area contributed by atoms with Gasteiger partial charge in [-0.05, 0) is 37.1 Å². The van der Waals surface area contributed by atoms with Crippen molar-refractivity contribution >= 4 is 29.1 Å². The van der Waals surface area contributed by atoms with Crippen LogP contribution in [-0.2, 0) is 11.3 Å². The zero-order valence-corrected chi connectivity index (χ0v) is 12.5. The van der Waals surface area contributed by atoms with E-state index in [1.54, 1.807) is 12.1 Å². The smallest absolute Gasteiger partial charge is 0.222 e. The predicted molar refractivity (Wildman–Crippen MR) is 78.6 cm³/mol. The Morgan fingerprint density at radius 3 is 2.89 bits per heavy atom. The first kappa shape index (κ1) is 14.6. The molecule has 0 spiro atoms. The minimum absolute atomic E-state index is 0.233. The van der Waals surface area contributed by atoms with Gasteiger partial charge in [-0.25, -0.2) is 0 Å². The first-order chi connectivity index (χ1) is 9.06. The molecule has 0 aromatic heterocycles. The molecular weight excluding hydrogens is 283 g/mol. The van der Waals surface area contributed by atoms with Crippen molar-refractivity contribution in [3.05, 3.63) is 33.8 Å². The van der Waals surface area contributed by atoms with Crippen molar-refractivity contribution in [2.75, 3.05) is 13.1 Å². The van der Waals surface area contributed by atoms with Crippen LogP contribution in [0.2, 0.25) is 10.0 Å². The van der Waals surface area contributed by atoms with E-state index in [4.69, 9.17) is 23.2 Å². The maximum atomic E-state index is 11.5. The van der Waals surface area contributed by atoms with Crippen LogP contribution in [0.4, 0.5) is 0 Å². The molecule has 1 aliphatic heterocycles. The molecule has 5 heteroatoms. The fraction of sp³-hybridized carbons (Fsp3) is 0.500.